The minimum atomic E-state index is -0.161. The van der Waals surface area contributed by atoms with Crippen molar-refractivity contribution in [2.45, 2.75) is 39.0 Å². The van der Waals surface area contributed by atoms with Crippen LogP contribution in [-0.2, 0) is 0 Å². The fourth-order valence-electron chi connectivity index (χ4n) is 3.97. The van der Waals surface area contributed by atoms with E-state index in [1.54, 1.807) is 0 Å². The summed E-state index contributed by atoms with van der Waals surface area (Å²) in [6.45, 7) is 2.38. The number of nitrogens with zero attached hydrogens (tertiary/aromatic N) is 2. The minimum absolute atomic E-state index is 0.141. The number of fused-ring (bicyclic) bond motifs is 3. The van der Waals surface area contributed by atoms with Crippen LogP contribution in [0.25, 0.3) is 10.9 Å². The first-order valence-electron chi connectivity index (χ1n) is 8.42. The van der Waals surface area contributed by atoms with Crippen molar-refractivity contribution in [2.75, 3.05) is 6.54 Å². The van der Waals surface area contributed by atoms with Crippen molar-refractivity contribution in [1.82, 2.24) is 9.88 Å². The monoisotopic (exact) mass is 308 g/mol. The van der Waals surface area contributed by atoms with Gasteiger partial charge in [-0.05, 0) is 31.7 Å². The number of hydrogen-bond acceptors (Lipinski definition) is 3. The molecule has 118 valence electrons. The van der Waals surface area contributed by atoms with Crippen LogP contribution in [0.4, 0.5) is 0 Å². The van der Waals surface area contributed by atoms with Gasteiger partial charge >= 0.3 is 0 Å². The second kappa shape index (κ2) is 5.44. The van der Waals surface area contributed by atoms with Crippen LogP contribution in [0.5, 0.6) is 0 Å². The van der Waals surface area contributed by atoms with Crippen molar-refractivity contribution in [1.29, 1.82) is 0 Å². The Labute approximate surface area is 135 Å². The van der Waals surface area contributed by atoms with E-state index in [1.807, 2.05) is 31.2 Å². The van der Waals surface area contributed by atoms with Crippen LogP contribution < -0.4 is 0 Å². The van der Waals surface area contributed by atoms with Gasteiger partial charge in [-0.25, -0.2) is 0 Å². The van der Waals surface area contributed by atoms with Gasteiger partial charge in [-0.2, -0.15) is 0 Å². The van der Waals surface area contributed by atoms with Gasteiger partial charge in [0.25, 0.3) is 11.8 Å². The molecule has 1 saturated carbocycles. The molecule has 0 atom stereocenters. The fourth-order valence-corrected chi connectivity index (χ4v) is 3.97. The highest BCUT2D eigenvalue weighted by Crippen LogP contribution is 2.33. The Balaban J connectivity index is 1.76. The van der Waals surface area contributed by atoms with Crippen molar-refractivity contribution < 1.29 is 9.59 Å². The van der Waals surface area contributed by atoms with Crippen LogP contribution in [0.3, 0.4) is 0 Å². The number of pyridine rings is 1. The molecule has 0 radical (unpaired) electrons. The van der Waals surface area contributed by atoms with E-state index in [2.05, 4.69) is 4.98 Å². The molecule has 2 aromatic rings. The van der Waals surface area contributed by atoms with Gasteiger partial charge in [-0.15, -0.1) is 0 Å². The third kappa shape index (κ3) is 2.24. The molecule has 2 amide bonds. The summed E-state index contributed by atoms with van der Waals surface area (Å²) >= 11 is 0. The molecule has 0 N–H and O–H groups in total. The van der Waals surface area contributed by atoms with Crippen molar-refractivity contribution in [3.63, 3.8) is 0 Å². The van der Waals surface area contributed by atoms with Crippen LogP contribution in [-0.4, -0.2) is 28.2 Å². The number of para-hydroxylation sites is 1. The number of carbonyl (C=O) groups excluding carboxylic acids is 2. The Bertz CT molecular complexity index is 806. The molecule has 23 heavy (non-hydrogen) atoms. The highest BCUT2D eigenvalue weighted by atomic mass is 16.2. The van der Waals surface area contributed by atoms with E-state index in [0.717, 1.165) is 23.7 Å². The van der Waals surface area contributed by atoms with Crippen LogP contribution in [0.1, 0.15) is 58.5 Å². The first kappa shape index (κ1) is 14.4. The summed E-state index contributed by atoms with van der Waals surface area (Å²) in [6, 6.07) is 7.57. The molecule has 0 bridgehead atoms. The van der Waals surface area contributed by atoms with Crippen molar-refractivity contribution in [3.05, 3.63) is 41.1 Å². The molecular formula is C19H20N2O2. The van der Waals surface area contributed by atoms with Crippen molar-refractivity contribution >= 4 is 22.7 Å². The lowest BCUT2D eigenvalue weighted by Gasteiger charge is -2.25. The lowest BCUT2D eigenvalue weighted by molar-refractivity contribution is 0.0617. The predicted molar refractivity (Wildman–Crippen MR) is 88.4 cm³/mol. The molecule has 2 heterocycles. The zero-order valence-electron chi connectivity index (χ0n) is 13.3. The second-order valence-corrected chi connectivity index (χ2v) is 6.69. The molecule has 1 aromatic carbocycles. The largest absolute Gasteiger partial charge is 0.274 e. The molecule has 4 heteroatoms. The highest BCUT2D eigenvalue weighted by Gasteiger charge is 2.39. The number of aryl methyl sites for hydroxylation is 1. The number of aromatic nitrogens is 1. The Kier molecular flexibility index (Phi) is 3.40. The maximum atomic E-state index is 12.9. The average molecular weight is 308 g/mol. The molecule has 1 aliphatic heterocycles. The number of imide groups is 1. The Morgan fingerprint density at radius 3 is 2.52 bits per heavy atom. The van der Waals surface area contributed by atoms with E-state index in [-0.39, 0.29) is 11.8 Å². The Morgan fingerprint density at radius 1 is 1.04 bits per heavy atom. The second-order valence-electron chi connectivity index (χ2n) is 6.69. The SMILES string of the molecule is Cc1nc2ccccc2c2c1C(=O)N(CC1CCCCC1)C2=O. The third-order valence-corrected chi connectivity index (χ3v) is 5.16. The molecule has 1 aromatic heterocycles. The van der Waals surface area contributed by atoms with Crippen LogP contribution in [0.15, 0.2) is 24.3 Å². The van der Waals surface area contributed by atoms with Gasteiger partial charge in [0, 0.05) is 11.9 Å². The van der Waals surface area contributed by atoms with Gasteiger partial charge in [0.2, 0.25) is 0 Å². The molecule has 1 aliphatic carbocycles. The fraction of sp³-hybridized carbons (Fsp3) is 0.421. The summed E-state index contributed by atoms with van der Waals surface area (Å²) < 4.78 is 0. The summed E-state index contributed by atoms with van der Waals surface area (Å²) in [7, 11) is 0. The van der Waals surface area contributed by atoms with Crippen LogP contribution in [0, 0.1) is 12.8 Å². The Hall–Kier alpha value is -2.23. The predicted octanol–water partition coefficient (Wildman–Crippen LogP) is 3.72. The number of carbonyl (C=O) groups is 2. The third-order valence-electron chi connectivity index (χ3n) is 5.16. The van der Waals surface area contributed by atoms with Gasteiger partial charge in [-0.1, -0.05) is 37.5 Å². The molecule has 0 spiro atoms. The number of amides is 2. The maximum absolute atomic E-state index is 12.9. The molecular weight excluding hydrogens is 288 g/mol. The summed E-state index contributed by atoms with van der Waals surface area (Å²) in [5.41, 5.74) is 2.49. The van der Waals surface area contributed by atoms with Gasteiger partial charge in [-0.3, -0.25) is 19.5 Å². The smallest absolute Gasteiger partial charge is 0.263 e. The molecule has 4 nitrogen and oxygen atoms in total. The standard InChI is InChI=1S/C19H20N2O2/c1-12-16-17(14-9-5-6-10-15(14)20-12)19(23)21(18(16)22)11-13-7-3-2-4-8-13/h5-6,9-10,13H,2-4,7-8,11H2,1H3. The van der Waals surface area contributed by atoms with Crippen LogP contribution >= 0.6 is 0 Å². The minimum Gasteiger partial charge on any atom is -0.274 e. The highest BCUT2D eigenvalue weighted by molar-refractivity contribution is 6.26. The first-order chi connectivity index (χ1) is 11.2. The van der Waals surface area contributed by atoms with E-state index >= 15 is 0 Å². The van der Waals surface area contributed by atoms with Crippen molar-refractivity contribution in [2.24, 2.45) is 5.92 Å². The average Bonchev–Trinajstić information content (AvgIpc) is 2.82. The lowest BCUT2D eigenvalue weighted by atomic mass is 9.89. The summed E-state index contributed by atoms with van der Waals surface area (Å²) in [5.74, 6) is 0.147. The molecule has 2 aliphatic rings. The summed E-state index contributed by atoms with van der Waals surface area (Å²) in [5, 5.41) is 0.789. The lowest BCUT2D eigenvalue weighted by Crippen LogP contribution is -2.35. The van der Waals surface area contributed by atoms with Crippen molar-refractivity contribution in [3.8, 4) is 0 Å². The van der Waals surface area contributed by atoms with E-state index < -0.39 is 0 Å². The Morgan fingerprint density at radius 2 is 1.74 bits per heavy atom. The number of rotatable bonds is 2. The van der Waals surface area contributed by atoms with Gasteiger partial charge in [0.05, 0.1) is 22.3 Å². The van der Waals surface area contributed by atoms with Gasteiger partial charge in [0.1, 0.15) is 0 Å². The molecule has 4 rings (SSSR count). The zero-order valence-corrected chi connectivity index (χ0v) is 13.3. The van der Waals surface area contributed by atoms with Gasteiger partial charge in [0.15, 0.2) is 0 Å². The first-order valence-corrected chi connectivity index (χ1v) is 8.42. The van der Waals surface area contributed by atoms with E-state index in [9.17, 15) is 9.59 Å². The van der Waals surface area contributed by atoms with E-state index in [0.29, 0.717) is 29.3 Å². The van der Waals surface area contributed by atoms with Gasteiger partial charge < -0.3 is 0 Å². The quantitative estimate of drug-likeness (QED) is 0.794. The van der Waals surface area contributed by atoms with Crippen LogP contribution in [0.2, 0.25) is 0 Å². The molecule has 0 saturated heterocycles. The molecule has 1 fully saturated rings. The summed E-state index contributed by atoms with van der Waals surface area (Å²) in [4.78, 5) is 31.7. The molecule has 0 unspecified atom stereocenters. The maximum Gasteiger partial charge on any atom is 0.263 e. The number of benzene rings is 1. The topological polar surface area (TPSA) is 50.3 Å². The number of hydrogen-bond donors (Lipinski definition) is 0. The zero-order chi connectivity index (χ0) is 16.0. The normalized spacial score (nSPS) is 18.7. The van der Waals surface area contributed by atoms with E-state index in [1.165, 1.54) is 24.2 Å². The summed E-state index contributed by atoms with van der Waals surface area (Å²) in [6.07, 6.45) is 5.91. The van der Waals surface area contributed by atoms with E-state index in [4.69, 9.17) is 0 Å².